The van der Waals surface area contributed by atoms with E-state index in [1.54, 1.807) is 12.4 Å². The van der Waals surface area contributed by atoms with E-state index >= 15 is 0 Å². The first-order valence-corrected chi connectivity index (χ1v) is 5.99. The zero-order valence-electron chi connectivity index (χ0n) is 9.84. The summed E-state index contributed by atoms with van der Waals surface area (Å²) in [6, 6.07) is 7.74. The molecule has 3 rings (SSSR count). The Morgan fingerprint density at radius 2 is 1.94 bits per heavy atom. The van der Waals surface area contributed by atoms with Gasteiger partial charge in [-0.05, 0) is 30.5 Å². The second-order valence-electron chi connectivity index (χ2n) is 4.47. The van der Waals surface area contributed by atoms with Gasteiger partial charge in [0.15, 0.2) is 0 Å². The second kappa shape index (κ2) is 4.56. The molecule has 1 aromatic carbocycles. The molecule has 1 amide bonds. The van der Waals surface area contributed by atoms with Crippen molar-refractivity contribution in [1.29, 1.82) is 0 Å². The maximum atomic E-state index is 11.7. The van der Waals surface area contributed by atoms with Crippen molar-refractivity contribution in [2.24, 2.45) is 5.92 Å². The van der Waals surface area contributed by atoms with Crippen molar-refractivity contribution in [3.05, 3.63) is 43.0 Å². The van der Waals surface area contributed by atoms with Crippen LogP contribution in [0.25, 0.3) is 11.1 Å². The van der Waals surface area contributed by atoms with Crippen LogP contribution in [0.15, 0.2) is 43.0 Å². The third-order valence-corrected chi connectivity index (χ3v) is 2.97. The molecule has 4 nitrogen and oxygen atoms in total. The lowest BCUT2D eigenvalue weighted by atomic mass is 10.1. The Balaban J connectivity index is 1.82. The molecule has 0 bridgehead atoms. The Morgan fingerprint density at radius 3 is 2.67 bits per heavy atom. The quantitative estimate of drug-likeness (QED) is 0.895. The molecule has 0 atom stereocenters. The third kappa shape index (κ3) is 2.37. The predicted molar refractivity (Wildman–Crippen MR) is 68.8 cm³/mol. The van der Waals surface area contributed by atoms with Gasteiger partial charge in [0.25, 0.3) is 0 Å². The average Bonchev–Trinajstić information content (AvgIpc) is 3.24. The van der Waals surface area contributed by atoms with Gasteiger partial charge in [-0.25, -0.2) is 9.97 Å². The second-order valence-corrected chi connectivity index (χ2v) is 4.47. The Kier molecular flexibility index (Phi) is 2.76. The molecular formula is C14H13N3O. The SMILES string of the molecule is O=C(Nc1cccc(-c2cncnc2)c1)C1CC1. The minimum atomic E-state index is 0.122. The number of amides is 1. The molecule has 0 unspecified atom stereocenters. The Hall–Kier alpha value is -2.23. The number of rotatable bonds is 3. The fraction of sp³-hybridized carbons (Fsp3) is 0.214. The minimum Gasteiger partial charge on any atom is -0.326 e. The average molecular weight is 239 g/mol. The van der Waals surface area contributed by atoms with Crippen LogP contribution in [-0.4, -0.2) is 15.9 Å². The maximum absolute atomic E-state index is 11.7. The van der Waals surface area contributed by atoms with Crippen LogP contribution in [0.1, 0.15) is 12.8 Å². The smallest absolute Gasteiger partial charge is 0.227 e. The van der Waals surface area contributed by atoms with Crippen molar-refractivity contribution in [1.82, 2.24) is 9.97 Å². The van der Waals surface area contributed by atoms with Gasteiger partial charge in [0.2, 0.25) is 5.91 Å². The number of carbonyl (C=O) groups excluding carboxylic acids is 1. The number of carbonyl (C=O) groups is 1. The van der Waals surface area contributed by atoms with Crippen LogP contribution in [0, 0.1) is 5.92 Å². The number of hydrogen-bond acceptors (Lipinski definition) is 3. The number of nitrogens with one attached hydrogen (secondary N) is 1. The van der Waals surface area contributed by atoms with E-state index < -0.39 is 0 Å². The van der Waals surface area contributed by atoms with E-state index in [9.17, 15) is 4.79 Å². The molecule has 0 spiro atoms. The summed E-state index contributed by atoms with van der Waals surface area (Å²) in [5.74, 6) is 0.338. The van der Waals surface area contributed by atoms with E-state index in [2.05, 4.69) is 15.3 Å². The standard InChI is InChI=1S/C14H13N3O/c18-14(10-4-5-10)17-13-3-1-2-11(6-13)12-7-15-9-16-8-12/h1-3,6-10H,4-5H2,(H,17,18). The van der Waals surface area contributed by atoms with Crippen molar-refractivity contribution in [3.63, 3.8) is 0 Å². The summed E-state index contributed by atoms with van der Waals surface area (Å²) in [7, 11) is 0. The summed E-state index contributed by atoms with van der Waals surface area (Å²) < 4.78 is 0. The molecule has 1 heterocycles. The van der Waals surface area contributed by atoms with Gasteiger partial charge in [-0.15, -0.1) is 0 Å². The highest BCUT2D eigenvalue weighted by molar-refractivity contribution is 5.94. The maximum Gasteiger partial charge on any atom is 0.227 e. The van der Waals surface area contributed by atoms with Crippen molar-refractivity contribution >= 4 is 11.6 Å². The molecule has 1 N–H and O–H groups in total. The van der Waals surface area contributed by atoms with Crippen molar-refractivity contribution in [3.8, 4) is 11.1 Å². The van der Waals surface area contributed by atoms with Crippen LogP contribution in [0.3, 0.4) is 0 Å². The Labute approximate surface area is 105 Å². The summed E-state index contributed by atoms with van der Waals surface area (Å²) in [5, 5.41) is 2.93. The molecule has 0 saturated heterocycles. The van der Waals surface area contributed by atoms with Crippen LogP contribution in [-0.2, 0) is 4.79 Å². The molecule has 1 aliphatic rings. The van der Waals surface area contributed by atoms with Gasteiger partial charge in [0.1, 0.15) is 6.33 Å². The molecule has 0 radical (unpaired) electrons. The molecular weight excluding hydrogens is 226 g/mol. The van der Waals surface area contributed by atoms with Crippen molar-refractivity contribution in [2.45, 2.75) is 12.8 Å². The minimum absolute atomic E-state index is 0.122. The van der Waals surface area contributed by atoms with Gasteiger partial charge in [0, 0.05) is 29.6 Å². The highest BCUT2D eigenvalue weighted by Gasteiger charge is 2.29. The lowest BCUT2D eigenvalue weighted by Crippen LogP contribution is -2.13. The van der Waals surface area contributed by atoms with E-state index in [1.165, 1.54) is 6.33 Å². The lowest BCUT2D eigenvalue weighted by Gasteiger charge is -2.06. The zero-order valence-corrected chi connectivity index (χ0v) is 9.84. The fourth-order valence-electron chi connectivity index (χ4n) is 1.81. The monoisotopic (exact) mass is 239 g/mol. The topological polar surface area (TPSA) is 54.9 Å². The number of anilines is 1. The molecule has 1 aliphatic carbocycles. The number of benzene rings is 1. The molecule has 2 aromatic rings. The van der Waals surface area contributed by atoms with Crippen LogP contribution >= 0.6 is 0 Å². The molecule has 90 valence electrons. The summed E-state index contributed by atoms with van der Waals surface area (Å²) in [6.45, 7) is 0. The van der Waals surface area contributed by atoms with Crippen LogP contribution in [0.5, 0.6) is 0 Å². The van der Waals surface area contributed by atoms with Gasteiger partial charge in [-0.3, -0.25) is 4.79 Å². The van der Waals surface area contributed by atoms with E-state index in [1.807, 2.05) is 24.3 Å². The van der Waals surface area contributed by atoms with Crippen molar-refractivity contribution < 1.29 is 4.79 Å². The molecule has 1 saturated carbocycles. The summed E-state index contributed by atoms with van der Waals surface area (Å²) in [5.41, 5.74) is 2.78. The third-order valence-electron chi connectivity index (χ3n) is 2.97. The lowest BCUT2D eigenvalue weighted by molar-refractivity contribution is -0.117. The van der Waals surface area contributed by atoms with Gasteiger partial charge in [-0.2, -0.15) is 0 Å². The first-order valence-electron chi connectivity index (χ1n) is 5.99. The van der Waals surface area contributed by atoms with Crippen LogP contribution in [0.4, 0.5) is 5.69 Å². The fourth-order valence-corrected chi connectivity index (χ4v) is 1.81. The van der Waals surface area contributed by atoms with E-state index in [-0.39, 0.29) is 11.8 Å². The normalized spacial score (nSPS) is 14.2. The highest BCUT2D eigenvalue weighted by Crippen LogP contribution is 2.30. The zero-order chi connectivity index (χ0) is 12.4. The Morgan fingerprint density at radius 1 is 1.17 bits per heavy atom. The van der Waals surface area contributed by atoms with E-state index in [0.717, 1.165) is 29.7 Å². The van der Waals surface area contributed by atoms with Crippen LogP contribution in [0.2, 0.25) is 0 Å². The summed E-state index contributed by atoms with van der Waals surface area (Å²) in [4.78, 5) is 19.7. The predicted octanol–water partition coefficient (Wildman–Crippen LogP) is 2.49. The largest absolute Gasteiger partial charge is 0.326 e. The highest BCUT2D eigenvalue weighted by atomic mass is 16.2. The summed E-state index contributed by atoms with van der Waals surface area (Å²) in [6.07, 6.45) is 7.04. The molecule has 18 heavy (non-hydrogen) atoms. The molecule has 1 aromatic heterocycles. The van der Waals surface area contributed by atoms with Gasteiger partial charge in [-0.1, -0.05) is 12.1 Å². The number of hydrogen-bond donors (Lipinski definition) is 1. The van der Waals surface area contributed by atoms with Crippen molar-refractivity contribution in [2.75, 3.05) is 5.32 Å². The van der Waals surface area contributed by atoms with E-state index in [0.29, 0.717) is 0 Å². The molecule has 4 heteroatoms. The Bertz CT molecular complexity index is 564. The van der Waals surface area contributed by atoms with Gasteiger partial charge in [0.05, 0.1) is 0 Å². The first-order chi connectivity index (χ1) is 8.83. The van der Waals surface area contributed by atoms with E-state index in [4.69, 9.17) is 0 Å². The number of aromatic nitrogens is 2. The summed E-state index contributed by atoms with van der Waals surface area (Å²) >= 11 is 0. The van der Waals surface area contributed by atoms with Crippen LogP contribution < -0.4 is 5.32 Å². The molecule has 1 fully saturated rings. The molecule has 0 aliphatic heterocycles. The number of nitrogens with zero attached hydrogens (tertiary/aromatic N) is 2. The van der Waals surface area contributed by atoms with Gasteiger partial charge < -0.3 is 5.32 Å². The first kappa shape index (κ1) is 10.9. The van der Waals surface area contributed by atoms with Gasteiger partial charge >= 0.3 is 0 Å².